The van der Waals surface area contributed by atoms with E-state index in [-0.39, 0.29) is 6.04 Å². The van der Waals surface area contributed by atoms with E-state index in [1.165, 1.54) is 0 Å². The van der Waals surface area contributed by atoms with Crippen molar-refractivity contribution in [3.63, 3.8) is 0 Å². The Bertz CT molecular complexity index is 223. The van der Waals surface area contributed by atoms with Crippen LogP contribution in [0.25, 0.3) is 0 Å². The minimum absolute atomic E-state index is 0.258. The van der Waals surface area contributed by atoms with Crippen LogP contribution in [0.3, 0.4) is 0 Å². The maximum absolute atomic E-state index is 10.8. The molecule has 1 rings (SSSR count). The highest BCUT2D eigenvalue weighted by molar-refractivity contribution is 5.73. The van der Waals surface area contributed by atoms with Gasteiger partial charge in [0.1, 0.15) is 6.04 Å². The third kappa shape index (κ3) is 3.14. The number of likely N-dealkylation sites (tertiary alicyclic amines) is 1. The molecule has 1 heterocycles. The van der Waals surface area contributed by atoms with Crippen LogP contribution in [0, 0.1) is 5.92 Å². The molecule has 3 nitrogen and oxygen atoms in total. The molecule has 0 aromatic rings. The van der Waals surface area contributed by atoms with Crippen LogP contribution in [0.1, 0.15) is 26.7 Å². The summed E-state index contributed by atoms with van der Waals surface area (Å²) < 4.78 is 0. The van der Waals surface area contributed by atoms with Crippen molar-refractivity contribution < 1.29 is 9.90 Å². The third-order valence-corrected chi connectivity index (χ3v) is 2.51. The quantitative estimate of drug-likeness (QED) is 0.698. The number of carboxylic acids is 1. The van der Waals surface area contributed by atoms with Gasteiger partial charge in [-0.3, -0.25) is 9.69 Å². The van der Waals surface area contributed by atoms with E-state index in [1.54, 1.807) is 0 Å². The van der Waals surface area contributed by atoms with E-state index >= 15 is 0 Å². The first kappa shape index (κ1) is 11.2. The van der Waals surface area contributed by atoms with Gasteiger partial charge in [0, 0.05) is 6.54 Å². The molecule has 80 valence electrons. The van der Waals surface area contributed by atoms with Crippen molar-refractivity contribution in [2.45, 2.75) is 32.7 Å². The first-order chi connectivity index (χ1) is 6.61. The van der Waals surface area contributed by atoms with Gasteiger partial charge in [-0.2, -0.15) is 0 Å². The fourth-order valence-corrected chi connectivity index (χ4v) is 1.79. The molecule has 0 amide bonds. The molecule has 0 radical (unpaired) electrons. The molecule has 0 aliphatic carbocycles. The van der Waals surface area contributed by atoms with Crippen molar-refractivity contribution in [3.05, 3.63) is 12.2 Å². The Kier molecular flexibility index (Phi) is 4.14. The van der Waals surface area contributed by atoms with Crippen LogP contribution in [0.15, 0.2) is 12.2 Å². The van der Waals surface area contributed by atoms with E-state index < -0.39 is 5.97 Å². The standard InChI is InChI=1S/C11H19NO2/c1-9(2)5-3-7-12-8-4-6-10(12)11(13)14/h3,5,9-10H,4,6-8H2,1-2H3,(H,13,14)/b5-3+/t10-/m0/s1. The van der Waals surface area contributed by atoms with E-state index in [1.807, 2.05) is 4.90 Å². The summed E-state index contributed by atoms with van der Waals surface area (Å²) in [7, 11) is 0. The normalized spacial score (nSPS) is 23.8. The third-order valence-electron chi connectivity index (χ3n) is 2.51. The summed E-state index contributed by atoms with van der Waals surface area (Å²) in [6.07, 6.45) is 6.00. The number of rotatable bonds is 4. The maximum atomic E-state index is 10.8. The fraction of sp³-hybridized carbons (Fsp3) is 0.727. The lowest BCUT2D eigenvalue weighted by molar-refractivity contribution is -0.141. The fourth-order valence-electron chi connectivity index (χ4n) is 1.79. The highest BCUT2D eigenvalue weighted by atomic mass is 16.4. The Morgan fingerprint density at radius 2 is 2.36 bits per heavy atom. The van der Waals surface area contributed by atoms with Gasteiger partial charge in [-0.25, -0.2) is 0 Å². The van der Waals surface area contributed by atoms with Crippen molar-refractivity contribution in [2.75, 3.05) is 13.1 Å². The van der Waals surface area contributed by atoms with Crippen LogP contribution >= 0.6 is 0 Å². The van der Waals surface area contributed by atoms with Gasteiger partial charge in [0.15, 0.2) is 0 Å². The van der Waals surface area contributed by atoms with Crippen LogP contribution in [-0.4, -0.2) is 35.1 Å². The minimum atomic E-state index is -0.680. The molecular formula is C11H19NO2. The zero-order valence-electron chi connectivity index (χ0n) is 8.94. The molecule has 0 spiro atoms. The van der Waals surface area contributed by atoms with E-state index in [4.69, 9.17) is 5.11 Å². The van der Waals surface area contributed by atoms with Gasteiger partial charge >= 0.3 is 5.97 Å². The first-order valence-electron chi connectivity index (χ1n) is 5.24. The second-order valence-corrected chi connectivity index (χ2v) is 4.16. The lowest BCUT2D eigenvalue weighted by Gasteiger charge is -2.18. The molecule has 1 saturated heterocycles. The van der Waals surface area contributed by atoms with E-state index in [0.717, 1.165) is 25.9 Å². The number of hydrogen-bond acceptors (Lipinski definition) is 2. The molecule has 0 unspecified atom stereocenters. The van der Waals surface area contributed by atoms with Crippen LogP contribution in [0.2, 0.25) is 0 Å². The Hall–Kier alpha value is -0.830. The van der Waals surface area contributed by atoms with Gasteiger partial charge in [0.25, 0.3) is 0 Å². The van der Waals surface area contributed by atoms with Crippen molar-refractivity contribution in [1.82, 2.24) is 4.90 Å². The van der Waals surface area contributed by atoms with Gasteiger partial charge in [0.2, 0.25) is 0 Å². The summed E-state index contributed by atoms with van der Waals surface area (Å²) in [4.78, 5) is 12.9. The highest BCUT2D eigenvalue weighted by Crippen LogP contribution is 2.16. The number of hydrogen-bond donors (Lipinski definition) is 1. The Morgan fingerprint density at radius 1 is 1.64 bits per heavy atom. The lowest BCUT2D eigenvalue weighted by Crippen LogP contribution is -2.35. The zero-order chi connectivity index (χ0) is 10.6. The van der Waals surface area contributed by atoms with Gasteiger partial charge in [0.05, 0.1) is 0 Å². The number of carbonyl (C=O) groups is 1. The van der Waals surface area contributed by atoms with Crippen LogP contribution < -0.4 is 0 Å². The summed E-state index contributed by atoms with van der Waals surface area (Å²) in [6, 6.07) is -0.258. The van der Waals surface area contributed by atoms with Crippen LogP contribution in [0.5, 0.6) is 0 Å². The van der Waals surface area contributed by atoms with E-state index in [2.05, 4.69) is 26.0 Å². The second-order valence-electron chi connectivity index (χ2n) is 4.16. The number of nitrogens with zero attached hydrogens (tertiary/aromatic N) is 1. The predicted molar refractivity (Wildman–Crippen MR) is 56.2 cm³/mol. The number of allylic oxidation sites excluding steroid dienone is 1. The predicted octanol–water partition coefficient (Wildman–Crippen LogP) is 1.75. The summed E-state index contributed by atoms with van der Waals surface area (Å²) in [5.74, 6) is -0.138. The summed E-state index contributed by atoms with van der Waals surface area (Å²) in [6.45, 7) is 5.93. The molecule has 0 aromatic heterocycles. The van der Waals surface area contributed by atoms with E-state index in [0.29, 0.717) is 5.92 Å². The molecule has 0 bridgehead atoms. The van der Waals surface area contributed by atoms with Gasteiger partial charge in [-0.15, -0.1) is 0 Å². The average molecular weight is 197 g/mol. The van der Waals surface area contributed by atoms with Gasteiger partial charge in [-0.05, 0) is 25.3 Å². The number of carboxylic acid groups (broad SMARTS) is 1. The van der Waals surface area contributed by atoms with Gasteiger partial charge < -0.3 is 5.11 Å². The minimum Gasteiger partial charge on any atom is -0.480 e. The van der Waals surface area contributed by atoms with Crippen molar-refractivity contribution in [3.8, 4) is 0 Å². The summed E-state index contributed by atoms with van der Waals surface area (Å²) in [5, 5.41) is 8.93. The molecule has 1 aliphatic heterocycles. The molecule has 1 fully saturated rings. The largest absolute Gasteiger partial charge is 0.480 e. The molecule has 0 saturated carbocycles. The van der Waals surface area contributed by atoms with Crippen molar-refractivity contribution in [1.29, 1.82) is 0 Å². The topological polar surface area (TPSA) is 40.5 Å². The lowest BCUT2D eigenvalue weighted by atomic mass is 10.2. The van der Waals surface area contributed by atoms with Crippen molar-refractivity contribution in [2.24, 2.45) is 5.92 Å². The molecule has 1 aliphatic rings. The Morgan fingerprint density at radius 3 is 2.93 bits per heavy atom. The number of aliphatic carboxylic acids is 1. The molecule has 0 aromatic carbocycles. The van der Waals surface area contributed by atoms with Crippen molar-refractivity contribution >= 4 is 5.97 Å². The molecule has 3 heteroatoms. The Labute approximate surface area is 85.4 Å². The van der Waals surface area contributed by atoms with Gasteiger partial charge in [-0.1, -0.05) is 26.0 Å². The Balaban J connectivity index is 2.40. The molecule has 1 N–H and O–H groups in total. The monoisotopic (exact) mass is 197 g/mol. The maximum Gasteiger partial charge on any atom is 0.320 e. The zero-order valence-corrected chi connectivity index (χ0v) is 8.94. The highest BCUT2D eigenvalue weighted by Gasteiger charge is 2.29. The second kappa shape index (κ2) is 5.15. The smallest absolute Gasteiger partial charge is 0.320 e. The SMILES string of the molecule is CC(C)/C=C/CN1CCC[C@H]1C(=O)O. The van der Waals surface area contributed by atoms with Crippen LogP contribution in [-0.2, 0) is 4.79 Å². The first-order valence-corrected chi connectivity index (χ1v) is 5.24. The molecule has 1 atom stereocenters. The average Bonchev–Trinajstić information content (AvgIpc) is 2.51. The molecular weight excluding hydrogens is 178 g/mol. The van der Waals surface area contributed by atoms with E-state index in [9.17, 15) is 4.79 Å². The summed E-state index contributed by atoms with van der Waals surface area (Å²) in [5.41, 5.74) is 0. The van der Waals surface area contributed by atoms with Crippen LogP contribution in [0.4, 0.5) is 0 Å². The molecule has 14 heavy (non-hydrogen) atoms. The summed E-state index contributed by atoms with van der Waals surface area (Å²) >= 11 is 0.